The van der Waals surface area contributed by atoms with Crippen molar-refractivity contribution in [2.75, 3.05) is 6.61 Å². The summed E-state index contributed by atoms with van der Waals surface area (Å²) in [6.45, 7) is 10.1. The number of aryl methyl sites for hydroxylation is 4. The standard InChI is InChI=1S/C20H25NO2/c1-13-6-8-15(3)18(10-13)17(5)21-20(22)12-23-19-11-14(2)7-9-16(19)4/h6-11,17H,12H2,1-5H3,(H,21,22). The molecule has 0 saturated carbocycles. The summed E-state index contributed by atoms with van der Waals surface area (Å²) in [4.78, 5) is 12.2. The van der Waals surface area contributed by atoms with Crippen molar-refractivity contribution in [3.8, 4) is 5.75 Å². The maximum Gasteiger partial charge on any atom is 0.258 e. The molecule has 1 N–H and O–H groups in total. The van der Waals surface area contributed by atoms with Crippen LogP contribution in [0.2, 0.25) is 0 Å². The molecule has 23 heavy (non-hydrogen) atoms. The summed E-state index contributed by atoms with van der Waals surface area (Å²) in [5.41, 5.74) is 5.67. The van der Waals surface area contributed by atoms with Crippen LogP contribution >= 0.6 is 0 Å². The van der Waals surface area contributed by atoms with Crippen molar-refractivity contribution in [2.24, 2.45) is 0 Å². The first kappa shape index (κ1) is 17.1. The maximum absolute atomic E-state index is 12.2. The molecule has 1 unspecified atom stereocenters. The van der Waals surface area contributed by atoms with Crippen LogP contribution in [0.25, 0.3) is 0 Å². The number of hydrogen-bond donors (Lipinski definition) is 1. The summed E-state index contributed by atoms with van der Waals surface area (Å²) in [6.07, 6.45) is 0. The van der Waals surface area contributed by atoms with E-state index in [4.69, 9.17) is 4.74 Å². The van der Waals surface area contributed by atoms with Crippen molar-refractivity contribution in [3.63, 3.8) is 0 Å². The molecule has 1 amide bonds. The molecule has 0 bridgehead atoms. The normalized spacial score (nSPS) is 11.9. The van der Waals surface area contributed by atoms with Gasteiger partial charge in [-0.2, -0.15) is 0 Å². The summed E-state index contributed by atoms with van der Waals surface area (Å²) in [6, 6.07) is 12.2. The smallest absolute Gasteiger partial charge is 0.258 e. The number of hydrogen-bond acceptors (Lipinski definition) is 2. The van der Waals surface area contributed by atoms with Crippen molar-refractivity contribution >= 4 is 5.91 Å². The summed E-state index contributed by atoms with van der Waals surface area (Å²) < 4.78 is 5.66. The molecule has 2 rings (SSSR count). The minimum Gasteiger partial charge on any atom is -0.483 e. The Kier molecular flexibility index (Phi) is 5.43. The monoisotopic (exact) mass is 311 g/mol. The Morgan fingerprint density at radius 2 is 1.61 bits per heavy atom. The topological polar surface area (TPSA) is 38.3 Å². The van der Waals surface area contributed by atoms with E-state index < -0.39 is 0 Å². The highest BCUT2D eigenvalue weighted by molar-refractivity contribution is 5.78. The van der Waals surface area contributed by atoms with Crippen LogP contribution in [-0.2, 0) is 4.79 Å². The molecule has 1 atom stereocenters. The van der Waals surface area contributed by atoms with Gasteiger partial charge in [-0.1, -0.05) is 35.9 Å². The lowest BCUT2D eigenvalue weighted by atomic mass is 10.00. The van der Waals surface area contributed by atoms with Gasteiger partial charge in [0.15, 0.2) is 6.61 Å². The van der Waals surface area contributed by atoms with Crippen molar-refractivity contribution in [1.29, 1.82) is 0 Å². The molecular formula is C20H25NO2. The molecule has 0 spiro atoms. The molecular weight excluding hydrogens is 286 g/mol. The van der Waals surface area contributed by atoms with E-state index in [-0.39, 0.29) is 18.6 Å². The van der Waals surface area contributed by atoms with Crippen molar-refractivity contribution in [2.45, 2.75) is 40.7 Å². The van der Waals surface area contributed by atoms with Gasteiger partial charge in [0.1, 0.15) is 5.75 Å². The number of ether oxygens (including phenoxy) is 1. The van der Waals surface area contributed by atoms with Crippen LogP contribution in [0.15, 0.2) is 36.4 Å². The number of nitrogens with one attached hydrogen (secondary N) is 1. The van der Waals surface area contributed by atoms with E-state index in [9.17, 15) is 4.79 Å². The van der Waals surface area contributed by atoms with Crippen LogP contribution in [-0.4, -0.2) is 12.5 Å². The number of benzene rings is 2. The van der Waals surface area contributed by atoms with E-state index in [1.54, 1.807) is 0 Å². The average molecular weight is 311 g/mol. The minimum absolute atomic E-state index is 0.0273. The first-order chi connectivity index (χ1) is 10.9. The lowest BCUT2D eigenvalue weighted by Gasteiger charge is -2.18. The molecule has 0 radical (unpaired) electrons. The first-order valence-electron chi connectivity index (χ1n) is 7.93. The number of carbonyl (C=O) groups is 1. The fraction of sp³-hybridized carbons (Fsp3) is 0.350. The van der Waals surface area contributed by atoms with E-state index >= 15 is 0 Å². The van der Waals surface area contributed by atoms with Gasteiger partial charge in [-0.25, -0.2) is 0 Å². The average Bonchev–Trinajstić information content (AvgIpc) is 2.50. The zero-order chi connectivity index (χ0) is 17.0. The Morgan fingerprint density at radius 1 is 1.00 bits per heavy atom. The van der Waals surface area contributed by atoms with Crippen LogP contribution in [0.4, 0.5) is 0 Å². The quantitative estimate of drug-likeness (QED) is 0.899. The van der Waals surface area contributed by atoms with E-state index in [1.807, 2.05) is 39.0 Å². The molecule has 0 aliphatic rings. The highest BCUT2D eigenvalue weighted by atomic mass is 16.5. The van der Waals surface area contributed by atoms with E-state index in [0.717, 1.165) is 22.4 Å². The van der Waals surface area contributed by atoms with Crippen molar-refractivity contribution < 1.29 is 9.53 Å². The SMILES string of the molecule is Cc1ccc(C)c(OCC(=O)NC(C)c2cc(C)ccc2C)c1. The first-order valence-corrected chi connectivity index (χ1v) is 7.93. The Hall–Kier alpha value is -2.29. The second kappa shape index (κ2) is 7.32. The summed E-state index contributed by atoms with van der Waals surface area (Å²) in [5, 5.41) is 3.00. The Bertz CT molecular complexity index is 707. The largest absolute Gasteiger partial charge is 0.483 e. The number of amides is 1. The molecule has 122 valence electrons. The molecule has 2 aromatic rings. The van der Waals surface area contributed by atoms with E-state index in [2.05, 4.69) is 37.4 Å². The lowest BCUT2D eigenvalue weighted by Crippen LogP contribution is -2.31. The molecule has 0 aliphatic carbocycles. The third kappa shape index (κ3) is 4.59. The Balaban J connectivity index is 1.96. The predicted octanol–water partition coefficient (Wildman–Crippen LogP) is 4.18. The molecule has 3 nitrogen and oxygen atoms in total. The van der Waals surface area contributed by atoms with E-state index in [1.165, 1.54) is 11.1 Å². The lowest BCUT2D eigenvalue weighted by molar-refractivity contribution is -0.123. The van der Waals surface area contributed by atoms with Gasteiger partial charge in [0.2, 0.25) is 0 Å². The number of rotatable bonds is 5. The zero-order valence-electron chi connectivity index (χ0n) is 14.6. The van der Waals surface area contributed by atoms with Crippen LogP contribution in [0.5, 0.6) is 5.75 Å². The third-order valence-electron chi connectivity index (χ3n) is 3.98. The maximum atomic E-state index is 12.2. The molecule has 0 aromatic heterocycles. The van der Waals surface area contributed by atoms with Gasteiger partial charge in [-0.05, 0) is 62.9 Å². The van der Waals surface area contributed by atoms with Gasteiger partial charge in [-0.15, -0.1) is 0 Å². The zero-order valence-corrected chi connectivity index (χ0v) is 14.6. The molecule has 0 heterocycles. The Labute approximate surface area is 138 Å². The fourth-order valence-electron chi connectivity index (χ4n) is 2.59. The van der Waals surface area contributed by atoms with Gasteiger partial charge in [-0.3, -0.25) is 4.79 Å². The molecule has 0 saturated heterocycles. The Morgan fingerprint density at radius 3 is 2.30 bits per heavy atom. The molecule has 3 heteroatoms. The second-order valence-electron chi connectivity index (χ2n) is 6.21. The summed E-state index contributed by atoms with van der Waals surface area (Å²) in [7, 11) is 0. The molecule has 0 aliphatic heterocycles. The molecule has 0 fully saturated rings. The van der Waals surface area contributed by atoms with Crippen LogP contribution in [0, 0.1) is 27.7 Å². The van der Waals surface area contributed by atoms with Gasteiger partial charge in [0.05, 0.1) is 6.04 Å². The van der Waals surface area contributed by atoms with Crippen LogP contribution in [0.1, 0.15) is 40.8 Å². The molecule has 2 aromatic carbocycles. The van der Waals surface area contributed by atoms with Crippen LogP contribution in [0.3, 0.4) is 0 Å². The number of carbonyl (C=O) groups excluding carboxylic acids is 1. The van der Waals surface area contributed by atoms with Gasteiger partial charge < -0.3 is 10.1 Å². The van der Waals surface area contributed by atoms with Gasteiger partial charge in [0, 0.05) is 0 Å². The van der Waals surface area contributed by atoms with Crippen molar-refractivity contribution in [3.05, 3.63) is 64.2 Å². The highest BCUT2D eigenvalue weighted by Crippen LogP contribution is 2.20. The summed E-state index contributed by atoms with van der Waals surface area (Å²) >= 11 is 0. The summed E-state index contributed by atoms with van der Waals surface area (Å²) in [5.74, 6) is 0.652. The van der Waals surface area contributed by atoms with Gasteiger partial charge in [0.25, 0.3) is 5.91 Å². The second-order valence-corrected chi connectivity index (χ2v) is 6.21. The predicted molar refractivity (Wildman–Crippen MR) is 93.9 cm³/mol. The van der Waals surface area contributed by atoms with Crippen LogP contribution < -0.4 is 10.1 Å². The fourth-order valence-corrected chi connectivity index (χ4v) is 2.59. The van der Waals surface area contributed by atoms with E-state index in [0.29, 0.717) is 0 Å². The highest BCUT2D eigenvalue weighted by Gasteiger charge is 2.13. The minimum atomic E-state index is -0.112. The van der Waals surface area contributed by atoms with Crippen molar-refractivity contribution in [1.82, 2.24) is 5.32 Å². The third-order valence-corrected chi connectivity index (χ3v) is 3.98. The van der Waals surface area contributed by atoms with Gasteiger partial charge >= 0.3 is 0 Å².